The zero-order valence-corrected chi connectivity index (χ0v) is 17.4. The Kier molecular flexibility index (Phi) is 6.18. The lowest BCUT2D eigenvalue weighted by atomic mass is 10.1. The molecular weight excluding hydrogens is 404 g/mol. The van der Waals surface area contributed by atoms with E-state index in [4.69, 9.17) is 4.74 Å². The van der Waals surface area contributed by atoms with E-state index in [0.29, 0.717) is 18.8 Å². The Bertz CT molecular complexity index is 970. The molecule has 0 unspecified atom stereocenters. The molecule has 1 saturated heterocycles. The molecule has 0 aliphatic carbocycles. The number of hydrogen-bond donors (Lipinski definition) is 0. The number of benzene rings is 2. The van der Waals surface area contributed by atoms with E-state index in [-0.39, 0.29) is 25.6 Å². The molecule has 0 radical (unpaired) electrons. The SMILES string of the molecule is CC(=O)N1CCN(Cc2ccc3c(c2)CN(C(=O)c2c(F)cccc2F)CCO3)CC1. The number of carbonyl (C=O) groups is 2. The lowest BCUT2D eigenvalue weighted by molar-refractivity contribution is -0.130. The molecule has 8 heteroatoms. The molecule has 0 saturated carbocycles. The van der Waals surface area contributed by atoms with Crippen molar-refractivity contribution < 1.29 is 23.1 Å². The monoisotopic (exact) mass is 429 g/mol. The van der Waals surface area contributed by atoms with Gasteiger partial charge in [-0.2, -0.15) is 0 Å². The molecule has 0 spiro atoms. The third kappa shape index (κ3) is 4.69. The van der Waals surface area contributed by atoms with Crippen molar-refractivity contribution in [1.82, 2.24) is 14.7 Å². The standard InChI is InChI=1S/C23H25F2N3O3/c1-16(29)27-9-7-26(8-10-27)14-17-5-6-21-18(13-17)15-28(11-12-31-21)23(30)22-19(24)3-2-4-20(22)25/h2-6,13H,7-12,14-15H2,1H3. The maximum atomic E-state index is 14.1. The maximum Gasteiger partial charge on any atom is 0.260 e. The topological polar surface area (TPSA) is 53.1 Å². The Labute approximate surface area is 180 Å². The Morgan fingerprint density at radius 3 is 2.35 bits per heavy atom. The molecule has 0 aromatic heterocycles. The smallest absolute Gasteiger partial charge is 0.260 e. The summed E-state index contributed by atoms with van der Waals surface area (Å²) in [5, 5.41) is 0. The van der Waals surface area contributed by atoms with E-state index in [0.717, 1.165) is 42.9 Å². The Morgan fingerprint density at radius 1 is 0.968 bits per heavy atom. The summed E-state index contributed by atoms with van der Waals surface area (Å²) in [6.45, 7) is 6.02. The predicted molar refractivity (Wildman–Crippen MR) is 111 cm³/mol. The number of hydrogen-bond acceptors (Lipinski definition) is 4. The van der Waals surface area contributed by atoms with E-state index >= 15 is 0 Å². The van der Waals surface area contributed by atoms with Crippen LogP contribution in [-0.2, 0) is 17.9 Å². The summed E-state index contributed by atoms with van der Waals surface area (Å²) >= 11 is 0. The van der Waals surface area contributed by atoms with E-state index in [1.54, 1.807) is 6.92 Å². The minimum absolute atomic E-state index is 0.0953. The Morgan fingerprint density at radius 2 is 1.68 bits per heavy atom. The first kappa shape index (κ1) is 21.2. The molecule has 2 aromatic rings. The number of ether oxygens (including phenoxy) is 1. The second-order valence-electron chi connectivity index (χ2n) is 7.90. The molecule has 2 amide bonds. The Hall–Kier alpha value is -3.00. The quantitative estimate of drug-likeness (QED) is 0.753. The molecule has 0 bridgehead atoms. The maximum absolute atomic E-state index is 14.1. The molecule has 1 fully saturated rings. The summed E-state index contributed by atoms with van der Waals surface area (Å²) in [7, 11) is 0. The van der Waals surface area contributed by atoms with Gasteiger partial charge in [0.05, 0.1) is 6.54 Å². The molecule has 6 nitrogen and oxygen atoms in total. The second kappa shape index (κ2) is 9.01. The van der Waals surface area contributed by atoms with Crippen molar-refractivity contribution in [3.8, 4) is 5.75 Å². The molecule has 2 aliphatic rings. The van der Waals surface area contributed by atoms with Crippen molar-refractivity contribution in [3.63, 3.8) is 0 Å². The van der Waals surface area contributed by atoms with Gasteiger partial charge in [-0.15, -0.1) is 0 Å². The molecule has 0 atom stereocenters. The minimum atomic E-state index is -0.867. The molecule has 2 heterocycles. The van der Waals surface area contributed by atoms with Crippen LogP contribution in [0.3, 0.4) is 0 Å². The molecular formula is C23H25F2N3O3. The summed E-state index contributed by atoms with van der Waals surface area (Å²) in [4.78, 5) is 29.9. The van der Waals surface area contributed by atoms with E-state index in [1.807, 2.05) is 23.1 Å². The molecule has 4 rings (SSSR count). The van der Waals surface area contributed by atoms with Gasteiger partial charge in [0, 0.05) is 51.8 Å². The molecule has 2 aliphatic heterocycles. The third-order valence-electron chi connectivity index (χ3n) is 5.79. The van der Waals surface area contributed by atoms with Gasteiger partial charge in [-0.05, 0) is 29.8 Å². The van der Waals surface area contributed by atoms with Crippen LogP contribution in [-0.4, -0.2) is 65.8 Å². The average Bonchev–Trinajstić information content (AvgIpc) is 2.96. The fourth-order valence-electron chi connectivity index (χ4n) is 4.06. The first-order valence-corrected chi connectivity index (χ1v) is 10.4. The molecule has 164 valence electrons. The van der Waals surface area contributed by atoms with Crippen molar-refractivity contribution in [2.75, 3.05) is 39.3 Å². The van der Waals surface area contributed by atoms with E-state index in [1.165, 1.54) is 11.0 Å². The van der Waals surface area contributed by atoms with Crippen LogP contribution in [0.5, 0.6) is 5.75 Å². The number of halogens is 2. The highest BCUT2D eigenvalue weighted by Gasteiger charge is 2.26. The van der Waals surface area contributed by atoms with Gasteiger partial charge in [0.2, 0.25) is 5.91 Å². The highest BCUT2D eigenvalue weighted by molar-refractivity contribution is 5.94. The first-order chi connectivity index (χ1) is 14.9. The van der Waals surface area contributed by atoms with Gasteiger partial charge in [-0.1, -0.05) is 12.1 Å². The average molecular weight is 429 g/mol. The summed E-state index contributed by atoms with van der Waals surface area (Å²) in [5.74, 6) is -1.65. The van der Waals surface area contributed by atoms with Crippen molar-refractivity contribution in [1.29, 1.82) is 0 Å². The largest absolute Gasteiger partial charge is 0.491 e. The fourth-order valence-corrected chi connectivity index (χ4v) is 4.06. The third-order valence-corrected chi connectivity index (χ3v) is 5.79. The van der Waals surface area contributed by atoms with Crippen molar-refractivity contribution in [2.24, 2.45) is 0 Å². The highest BCUT2D eigenvalue weighted by Crippen LogP contribution is 2.27. The summed E-state index contributed by atoms with van der Waals surface area (Å²) < 4.78 is 34.0. The van der Waals surface area contributed by atoms with Crippen LogP contribution < -0.4 is 4.74 Å². The number of piperazine rings is 1. The van der Waals surface area contributed by atoms with Crippen LogP contribution >= 0.6 is 0 Å². The van der Waals surface area contributed by atoms with Gasteiger partial charge in [0.1, 0.15) is 29.6 Å². The normalized spacial score (nSPS) is 17.0. The number of nitrogens with zero attached hydrogens (tertiary/aromatic N) is 3. The van der Waals surface area contributed by atoms with Crippen molar-refractivity contribution in [3.05, 3.63) is 64.7 Å². The van der Waals surface area contributed by atoms with Crippen LogP contribution in [0.15, 0.2) is 36.4 Å². The predicted octanol–water partition coefficient (Wildman–Crippen LogP) is 2.66. The zero-order chi connectivity index (χ0) is 22.0. The van der Waals surface area contributed by atoms with Crippen LogP contribution in [0.1, 0.15) is 28.4 Å². The number of fused-ring (bicyclic) bond motifs is 1. The van der Waals surface area contributed by atoms with Gasteiger partial charge >= 0.3 is 0 Å². The van der Waals surface area contributed by atoms with Gasteiger partial charge < -0.3 is 14.5 Å². The van der Waals surface area contributed by atoms with Crippen LogP contribution in [0, 0.1) is 11.6 Å². The lowest BCUT2D eigenvalue weighted by Gasteiger charge is -2.34. The molecule has 0 N–H and O–H groups in total. The summed E-state index contributed by atoms with van der Waals surface area (Å²) in [6, 6.07) is 9.27. The number of amides is 2. The summed E-state index contributed by atoms with van der Waals surface area (Å²) in [5.41, 5.74) is 1.33. The minimum Gasteiger partial charge on any atom is -0.491 e. The second-order valence-corrected chi connectivity index (χ2v) is 7.90. The van der Waals surface area contributed by atoms with Gasteiger partial charge in [-0.3, -0.25) is 14.5 Å². The van der Waals surface area contributed by atoms with Gasteiger partial charge in [0.15, 0.2) is 0 Å². The van der Waals surface area contributed by atoms with Gasteiger partial charge in [-0.25, -0.2) is 8.78 Å². The van der Waals surface area contributed by atoms with Crippen molar-refractivity contribution in [2.45, 2.75) is 20.0 Å². The fraction of sp³-hybridized carbons (Fsp3) is 0.391. The highest BCUT2D eigenvalue weighted by atomic mass is 19.1. The van der Waals surface area contributed by atoms with E-state index in [2.05, 4.69) is 4.90 Å². The van der Waals surface area contributed by atoms with E-state index in [9.17, 15) is 18.4 Å². The van der Waals surface area contributed by atoms with E-state index < -0.39 is 23.1 Å². The summed E-state index contributed by atoms with van der Waals surface area (Å²) in [6.07, 6.45) is 0. The molecule has 2 aromatic carbocycles. The van der Waals surface area contributed by atoms with Crippen LogP contribution in [0.2, 0.25) is 0 Å². The number of carbonyl (C=O) groups excluding carboxylic acids is 2. The molecule has 31 heavy (non-hydrogen) atoms. The first-order valence-electron chi connectivity index (χ1n) is 10.4. The van der Waals surface area contributed by atoms with Crippen LogP contribution in [0.4, 0.5) is 8.78 Å². The number of rotatable bonds is 3. The Balaban J connectivity index is 1.48. The van der Waals surface area contributed by atoms with Gasteiger partial charge in [0.25, 0.3) is 5.91 Å². The van der Waals surface area contributed by atoms with Crippen molar-refractivity contribution >= 4 is 11.8 Å². The zero-order valence-electron chi connectivity index (χ0n) is 17.4. The van der Waals surface area contributed by atoms with Crippen LogP contribution in [0.25, 0.3) is 0 Å². The lowest BCUT2D eigenvalue weighted by Crippen LogP contribution is -2.47.